The van der Waals surface area contributed by atoms with Crippen LogP contribution in [0.1, 0.15) is 16.1 Å². The number of aromatic nitrogens is 1. The highest BCUT2D eigenvalue weighted by molar-refractivity contribution is 5.98. The van der Waals surface area contributed by atoms with Crippen LogP contribution in [0, 0.1) is 11.6 Å². The molecule has 0 saturated heterocycles. The highest BCUT2D eigenvalue weighted by Crippen LogP contribution is 2.18. The van der Waals surface area contributed by atoms with E-state index in [1.165, 1.54) is 24.3 Å². The molecule has 0 aliphatic carbocycles. The van der Waals surface area contributed by atoms with E-state index in [0.29, 0.717) is 10.9 Å². The molecule has 1 aromatic heterocycles. The standard InChI is InChI=1S/C16H12F2N2O/c17-11-6-4-10(5-7-11)9-19-16(21)15-8-12-13(18)2-1-3-14(12)20-15/h1-8,20H,9H2,(H,19,21). The fourth-order valence-electron chi connectivity index (χ4n) is 2.12. The number of nitrogens with one attached hydrogen (secondary N) is 2. The van der Waals surface area contributed by atoms with E-state index in [-0.39, 0.29) is 29.8 Å². The molecule has 0 saturated carbocycles. The molecule has 3 rings (SSSR count). The van der Waals surface area contributed by atoms with Crippen molar-refractivity contribution in [3.63, 3.8) is 0 Å². The van der Waals surface area contributed by atoms with E-state index in [2.05, 4.69) is 10.3 Å². The minimum atomic E-state index is -0.374. The molecule has 0 bridgehead atoms. The first-order chi connectivity index (χ1) is 10.1. The lowest BCUT2D eigenvalue weighted by molar-refractivity contribution is 0.0947. The predicted octanol–water partition coefficient (Wildman–Crippen LogP) is 3.38. The van der Waals surface area contributed by atoms with E-state index in [9.17, 15) is 13.6 Å². The summed E-state index contributed by atoms with van der Waals surface area (Å²) in [5.74, 6) is -1.03. The van der Waals surface area contributed by atoms with Crippen LogP contribution in [-0.4, -0.2) is 10.9 Å². The van der Waals surface area contributed by atoms with Crippen molar-refractivity contribution < 1.29 is 13.6 Å². The van der Waals surface area contributed by atoms with Crippen molar-refractivity contribution in [2.75, 3.05) is 0 Å². The summed E-state index contributed by atoms with van der Waals surface area (Å²) in [4.78, 5) is 14.9. The lowest BCUT2D eigenvalue weighted by Gasteiger charge is -2.03. The van der Waals surface area contributed by atoms with Gasteiger partial charge in [0.1, 0.15) is 17.3 Å². The third-order valence-corrected chi connectivity index (χ3v) is 3.22. The molecular formula is C16H12F2N2O. The van der Waals surface area contributed by atoms with Gasteiger partial charge in [-0.1, -0.05) is 18.2 Å². The normalized spacial score (nSPS) is 10.8. The van der Waals surface area contributed by atoms with Crippen LogP contribution in [0.3, 0.4) is 0 Å². The lowest BCUT2D eigenvalue weighted by Crippen LogP contribution is -2.23. The van der Waals surface area contributed by atoms with Gasteiger partial charge in [-0.3, -0.25) is 4.79 Å². The molecule has 5 heteroatoms. The maximum Gasteiger partial charge on any atom is 0.267 e. The molecule has 2 N–H and O–H groups in total. The number of carbonyl (C=O) groups excluding carboxylic acids is 1. The minimum Gasteiger partial charge on any atom is -0.350 e. The van der Waals surface area contributed by atoms with Crippen LogP contribution in [0.25, 0.3) is 10.9 Å². The first kappa shape index (κ1) is 13.3. The van der Waals surface area contributed by atoms with Gasteiger partial charge in [0.15, 0.2) is 0 Å². The van der Waals surface area contributed by atoms with E-state index in [1.54, 1.807) is 24.3 Å². The van der Waals surface area contributed by atoms with Crippen LogP contribution >= 0.6 is 0 Å². The lowest BCUT2D eigenvalue weighted by atomic mass is 10.2. The summed E-state index contributed by atoms with van der Waals surface area (Å²) < 4.78 is 26.3. The molecule has 0 spiro atoms. The second-order valence-corrected chi connectivity index (χ2v) is 4.69. The second kappa shape index (κ2) is 5.36. The zero-order chi connectivity index (χ0) is 14.8. The van der Waals surface area contributed by atoms with Crippen molar-refractivity contribution >= 4 is 16.8 Å². The summed E-state index contributed by atoms with van der Waals surface area (Å²) in [6, 6.07) is 12.0. The number of carbonyl (C=O) groups is 1. The number of halogens is 2. The number of hydrogen-bond acceptors (Lipinski definition) is 1. The molecule has 3 aromatic rings. The van der Waals surface area contributed by atoms with E-state index in [0.717, 1.165) is 5.56 Å². The summed E-state index contributed by atoms with van der Waals surface area (Å²) in [6.45, 7) is 0.275. The molecule has 0 radical (unpaired) electrons. The first-order valence-corrected chi connectivity index (χ1v) is 6.43. The van der Waals surface area contributed by atoms with Crippen molar-refractivity contribution in [3.05, 3.63) is 71.4 Å². The van der Waals surface area contributed by atoms with Crippen LogP contribution in [0.2, 0.25) is 0 Å². The van der Waals surface area contributed by atoms with Crippen LogP contribution in [0.5, 0.6) is 0 Å². The molecule has 2 aromatic carbocycles. The average molecular weight is 286 g/mol. The highest BCUT2D eigenvalue weighted by atomic mass is 19.1. The Balaban J connectivity index is 1.75. The number of hydrogen-bond donors (Lipinski definition) is 2. The molecule has 0 atom stereocenters. The quantitative estimate of drug-likeness (QED) is 0.761. The van der Waals surface area contributed by atoms with Gasteiger partial charge >= 0.3 is 0 Å². The number of aromatic amines is 1. The van der Waals surface area contributed by atoms with E-state index >= 15 is 0 Å². The van der Waals surface area contributed by atoms with Crippen LogP contribution in [0.15, 0.2) is 48.5 Å². The van der Waals surface area contributed by atoms with E-state index < -0.39 is 0 Å². The van der Waals surface area contributed by atoms with Gasteiger partial charge in [-0.25, -0.2) is 8.78 Å². The van der Waals surface area contributed by atoms with Gasteiger partial charge in [-0.05, 0) is 35.9 Å². The Labute approximate surface area is 119 Å². The Kier molecular flexibility index (Phi) is 3.39. The predicted molar refractivity (Wildman–Crippen MR) is 75.8 cm³/mol. The molecule has 3 nitrogen and oxygen atoms in total. The number of fused-ring (bicyclic) bond motifs is 1. The Hall–Kier alpha value is -2.69. The Morgan fingerprint density at radius 2 is 1.86 bits per heavy atom. The van der Waals surface area contributed by atoms with Gasteiger partial charge in [0.25, 0.3) is 5.91 Å². The summed E-state index contributed by atoms with van der Waals surface area (Å²) in [6.07, 6.45) is 0. The largest absolute Gasteiger partial charge is 0.350 e. The molecule has 0 fully saturated rings. The maximum absolute atomic E-state index is 13.6. The van der Waals surface area contributed by atoms with Crippen LogP contribution < -0.4 is 5.32 Å². The van der Waals surface area contributed by atoms with Gasteiger partial charge in [-0.2, -0.15) is 0 Å². The molecule has 0 unspecified atom stereocenters. The summed E-state index contributed by atoms with van der Waals surface area (Å²) >= 11 is 0. The molecular weight excluding hydrogens is 274 g/mol. The number of amides is 1. The fraction of sp³-hybridized carbons (Fsp3) is 0.0625. The minimum absolute atomic E-state index is 0.275. The first-order valence-electron chi connectivity index (χ1n) is 6.43. The number of rotatable bonds is 3. The maximum atomic E-state index is 13.6. The monoisotopic (exact) mass is 286 g/mol. The Morgan fingerprint density at radius 3 is 2.57 bits per heavy atom. The Morgan fingerprint density at radius 1 is 1.10 bits per heavy atom. The zero-order valence-electron chi connectivity index (χ0n) is 11.0. The van der Waals surface area contributed by atoms with Crippen molar-refractivity contribution in [2.24, 2.45) is 0 Å². The SMILES string of the molecule is O=C(NCc1ccc(F)cc1)c1cc2c(F)cccc2[nH]1. The third kappa shape index (κ3) is 2.76. The van der Waals surface area contributed by atoms with Crippen molar-refractivity contribution in [2.45, 2.75) is 6.54 Å². The number of H-pyrrole nitrogens is 1. The molecule has 0 aliphatic heterocycles. The van der Waals surface area contributed by atoms with Gasteiger partial charge in [0, 0.05) is 17.4 Å². The topological polar surface area (TPSA) is 44.9 Å². The van der Waals surface area contributed by atoms with Crippen molar-refractivity contribution in [3.8, 4) is 0 Å². The van der Waals surface area contributed by atoms with Gasteiger partial charge in [-0.15, -0.1) is 0 Å². The zero-order valence-corrected chi connectivity index (χ0v) is 11.0. The Bertz CT molecular complexity index is 794. The average Bonchev–Trinajstić information content (AvgIpc) is 2.92. The van der Waals surface area contributed by atoms with Gasteiger partial charge in [0.2, 0.25) is 0 Å². The smallest absolute Gasteiger partial charge is 0.267 e. The summed E-state index contributed by atoms with van der Waals surface area (Å²) in [5.41, 5.74) is 1.64. The van der Waals surface area contributed by atoms with Crippen molar-refractivity contribution in [1.29, 1.82) is 0 Å². The summed E-state index contributed by atoms with van der Waals surface area (Å²) in [5, 5.41) is 3.08. The van der Waals surface area contributed by atoms with Gasteiger partial charge in [0.05, 0.1) is 0 Å². The summed E-state index contributed by atoms with van der Waals surface area (Å²) in [7, 11) is 0. The molecule has 21 heavy (non-hydrogen) atoms. The van der Waals surface area contributed by atoms with Gasteiger partial charge < -0.3 is 10.3 Å². The third-order valence-electron chi connectivity index (χ3n) is 3.22. The van der Waals surface area contributed by atoms with Crippen LogP contribution in [-0.2, 0) is 6.54 Å². The highest BCUT2D eigenvalue weighted by Gasteiger charge is 2.11. The van der Waals surface area contributed by atoms with E-state index in [4.69, 9.17) is 0 Å². The second-order valence-electron chi connectivity index (χ2n) is 4.69. The molecule has 106 valence electrons. The number of benzene rings is 2. The molecule has 1 heterocycles. The van der Waals surface area contributed by atoms with Crippen molar-refractivity contribution in [1.82, 2.24) is 10.3 Å². The molecule has 1 amide bonds. The fourth-order valence-corrected chi connectivity index (χ4v) is 2.12. The van der Waals surface area contributed by atoms with Crippen LogP contribution in [0.4, 0.5) is 8.78 Å². The molecule has 0 aliphatic rings. The van der Waals surface area contributed by atoms with E-state index in [1.807, 2.05) is 0 Å².